The molecule has 1 unspecified atom stereocenters. The van der Waals surface area contributed by atoms with Crippen LogP contribution in [0, 0.1) is 0 Å². The fourth-order valence-corrected chi connectivity index (χ4v) is 1.63. The first-order chi connectivity index (χ1) is 8.82. The Bertz CT molecular complexity index is 453. The molecular weight excluding hydrogens is 281 g/mol. The Kier molecular flexibility index (Phi) is 5.52. The van der Waals surface area contributed by atoms with Crippen LogP contribution in [0.1, 0.15) is 12.6 Å². The minimum absolute atomic E-state index is 0.0590. The lowest BCUT2D eigenvalue weighted by Gasteiger charge is -2.11. The molecule has 5 nitrogen and oxygen atoms in total. The molecule has 1 aromatic rings. The Labute approximate surface area is 111 Å². The molecule has 1 rings (SSSR count). The molecule has 0 bridgehead atoms. The second-order valence-corrected chi connectivity index (χ2v) is 5.25. The Hall–Kier alpha value is -1.38. The van der Waals surface area contributed by atoms with Gasteiger partial charge in [0, 0.05) is 42.0 Å². The molecule has 0 amide bonds. The number of anilines is 2. The van der Waals surface area contributed by atoms with Crippen molar-refractivity contribution in [2.24, 2.45) is 0 Å². The molecule has 108 valence electrons. The summed E-state index contributed by atoms with van der Waals surface area (Å²) < 4.78 is 48.8. The summed E-state index contributed by atoms with van der Waals surface area (Å²) in [6.07, 6.45) is -3.01. The van der Waals surface area contributed by atoms with Crippen LogP contribution >= 0.6 is 0 Å². The number of aromatic nitrogens is 2. The Morgan fingerprint density at radius 2 is 2.00 bits per heavy atom. The standard InChI is InChI=1S/C10H15F3N4OS/c1-3-14-9-16-7(10(11,12)13)6-8(17-9)15-4-5-19(2)18/h6H,3-5H2,1-2H3,(H2,14,15,16,17). The zero-order valence-electron chi connectivity index (χ0n) is 10.5. The van der Waals surface area contributed by atoms with Gasteiger partial charge in [-0.15, -0.1) is 0 Å². The van der Waals surface area contributed by atoms with E-state index in [0.29, 0.717) is 12.3 Å². The van der Waals surface area contributed by atoms with Gasteiger partial charge in [-0.25, -0.2) is 4.98 Å². The summed E-state index contributed by atoms with van der Waals surface area (Å²) in [6.45, 7) is 2.43. The van der Waals surface area contributed by atoms with Gasteiger partial charge < -0.3 is 10.6 Å². The highest BCUT2D eigenvalue weighted by Crippen LogP contribution is 2.29. The molecule has 0 fully saturated rings. The highest BCUT2D eigenvalue weighted by molar-refractivity contribution is 7.84. The van der Waals surface area contributed by atoms with Crippen LogP contribution in [-0.4, -0.2) is 39.3 Å². The number of rotatable bonds is 6. The van der Waals surface area contributed by atoms with Crippen molar-refractivity contribution in [3.05, 3.63) is 11.8 Å². The third-order valence-corrected chi connectivity index (χ3v) is 2.83. The SMILES string of the molecule is CCNc1nc(NCCS(C)=O)cc(C(F)(F)F)n1. The van der Waals surface area contributed by atoms with Crippen molar-refractivity contribution in [2.45, 2.75) is 13.1 Å². The molecule has 0 aromatic carbocycles. The monoisotopic (exact) mass is 296 g/mol. The number of alkyl halides is 3. The molecular formula is C10H15F3N4OS. The maximum absolute atomic E-state index is 12.6. The molecule has 0 spiro atoms. The molecule has 1 atom stereocenters. The predicted octanol–water partition coefficient (Wildman–Crippen LogP) is 1.72. The largest absolute Gasteiger partial charge is 0.433 e. The van der Waals surface area contributed by atoms with E-state index in [4.69, 9.17) is 0 Å². The quantitative estimate of drug-likeness (QED) is 0.836. The molecule has 0 radical (unpaired) electrons. The topological polar surface area (TPSA) is 66.9 Å². The minimum atomic E-state index is -4.53. The Balaban J connectivity index is 2.90. The summed E-state index contributed by atoms with van der Waals surface area (Å²) in [5.41, 5.74) is -1.02. The van der Waals surface area contributed by atoms with Gasteiger partial charge in [0.15, 0.2) is 5.69 Å². The van der Waals surface area contributed by atoms with Gasteiger partial charge in [-0.2, -0.15) is 18.2 Å². The van der Waals surface area contributed by atoms with Gasteiger partial charge in [0.05, 0.1) is 0 Å². The average molecular weight is 296 g/mol. The van der Waals surface area contributed by atoms with Crippen molar-refractivity contribution in [1.29, 1.82) is 0 Å². The first-order valence-electron chi connectivity index (χ1n) is 5.57. The third kappa shape index (κ3) is 5.41. The minimum Gasteiger partial charge on any atom is -0.369 e. The number of nitrogens with one attached hydrogen (secondary N) is 2. The maximum atomic E-state index is 12.6. The molecule has 0 aliphatic carbocycles. The summed E-state index contributed by atoms with van der Waals surface area (Å²) >= 11 is 0. The fraction of sp³-hybridized carbons (Fsp3) is 0.600. The second-order valence-electron chi connectivity index (χ2n) is 3.69. The first-order valence-corrected chi connectivity index (χ1v) is 7.29. The van der Waals surface area contributed by atoms with Crippen LogP contribution in [0.3, 0.4) is 0 Å². The predicted molar refractivity (Wildman–Crippen MR) is 68.6 cm³/mol. The number of halogens is 3. The smallest absolute Gasteiger partial charge is 0.369 e. The Morgan fingerprint density at radius 1 is 1.32 bits per heavy atom. The second kappa shape index (κ2) is 6.69. The summed E-state index contributed by atoms with van der Waals surface area (Å²) in [4.78, 5) is 7.29. The molecule has 0 aliphatic heterocycles. The van der Waals surface area contributed by atoms with E-state index in [2.05, 4.69) is 20.6 Å². The van der Waals surface area contributed by atoms with Gasteiger partial charge in [0.2, 0.25) is 5.95 Å². The highest BCUT2D eigenvalue weighted by atomic mass is 32.2. The van der Waals surface area contributed by atoms with E-state index in [-0.39, 0.29) is 18.3 Å². The van der Waals surface area contributed by atoms with E-state index in [1.54, 1.807) is 6.92 Å². The Morgan fingerprint density at radius 3 is 2.53 bits per heavy atom. The summed E-state index contributed by atoms with van der Waals surface area (Å²) in [6, 6.07) is 0.833. The van der Waals surface area contributed by atoms with Crippen LogP contribution in [0.15, 0.2) is 6.07 Å². The number of hydrogen-bond acceptors (Lipinski definition) is 5. The van der Waals surface area contributed by atoms with Gasteiger partial charge in [0.25, 0.3) is 0 Å². The third-order valence-electron chi connectivity index (χ3n) is 2.05. The van der Waals surface area contributed by atoms with Crippen molar-refractivity contribution in [2.75, 3.05) is 35.7 Å². The van der Waals surface area contributed by atoms with Gasteiger partial charge in [-0.05, 0) is 6.92 Å². The van der Waals surface area contributed by atoms with E-state index in [0.717, 1.165) is 6.07 Å². The molecule has 1 aromatic heterocycles. The molecule has 9 heteroatoms. The van der Waals surface area contributed by atoms with Crippen molar-refractivity contribution in [1.82, 2.24) is 9.97 Å². The van der Waals surface area contributed by atoms with E-state index in [1.165, 1.54) is 6.26 Å². The van der Waals surface area contributed by atoms with Gasteiger partial charge >= 0.3 is 6.18 Å². The molecule has 0 aliphatic rings. The lowest BCUT2D eigenvalue weighted by Crippen LogP contribution is -2.16. The van der Waals surface area contributed by atoms with Gasteiger partial charge in [-0.1, -0.05) is 0 Å². The number of nitrogens with zero attached hydrogens (tertiary/aromatic N) is 2. The van der Waals surface area contributed by atoms with E-state index >= 15 is 0 Å². The van der Waals surface area contributed by atoms with E-state index in [1.807, 2.05) is 0 Å². The summed E-state index contributed by atoms with van der Waals surface area (Å²) in [7, 11) is -1.01. The lowest BCUT2D eigenvalue weighted by atomic mass is 10.3. The molecule has 0 saturated heterocycles. The van der Waals surface area contributed by atoms with Crippen LogP contribution in [0.25, 0.3) is 0 Å². The first kappa shape index (κ1) is 15.7. The van der Waals surface area contributed by atoms with Crippen LogP contribution < -0.4 is 10.6 Å². The molecule has 1 heterocycles. The van der Waals surface area contributed by atoms with Crippen molar-refractivity contribution in [3.63, 3.8) is 0 Å². The van der Waals surface area contributed by atoms with Crippen LogP contribution in [0.5, 0.6) is 0 Å². The maximum Gasteiger partial charge on any atom is 0.433 e. The van der Waals surface area contributed by atoms with Crippen LogP contribution in [0.2, 0.25) is 0 Å². The van der Waals surface area contributed by atoms with Crippen molar-refractivity contribution in [3.8, 4) is 0 Å². The fourth-order valence-electron chi connectivity index (χ4n) is 1.24. The van der Waals surface area contributed by atoms with Crippen LogP contribution in [-0.2, 0) is 17.0 Å². The van der Waals surface area contributed by atoms with Crippen molar-refractivity contribution >= 4 is 22.6 Å². The zero-order valence-corrected chi connectivity index (χ0v) is 11.4. The summed E-state index contributed by atoms with van der Waals surface area (Å²) in [5.74, 6) is 0.309. The van der Waals surface area contributed by atoms with Crippen LogP contribution in [0.4, 0.5) is 24.9 Å². The zero-order chi connectivity index (χ0) is 14.5. The summed E-state index contributed by atoms with van der Waals surface area (Å²) in [5, 5.41) is 5.34. The number of hydrogen-bond donors (Lipinski definition) is 2. The van der Waals surface area contributed by atoms with Crippen molar-refractivity contribution < 1.29 is 17.4 Å². The highest BCUT2D eigenvalue weighted by Gasteiger charge is 2.33. The lowest BCUT2D eigenvalue weighted by molar-refractivity contribution is -0.141. The molecule has 2 N–H and O–H groups in total. The average Bonchev–Trinajstić information content (AvgIpc) is 2.27. The van der Waals surface area contributed by atoms with Gasteiger partial charge in [0.1, 0.15) is 5.82 Å². The molecule has 19 heavy (non-hydrogen) atoms. The molecule has 0 saturated carbocycles. The van der Waals surface area contributed by atoms with E-state index < -0.39 is 22.7 Å². The van der Waals surface area contributed by atoms with Gasteiger partial charge in [-0.3, -0.25) is 4.21 Å². The normalized spacial score (nSPS) is 13.1. The van der Waals surface area contributed by atoms with E-state index in [9.17, 15) is 17.4 Å².